The minimum absolute atomic E-state index is 0. The van der Waals surface area contributed by atoms with Gasteiger partial charge in [0.1, 0.15) is 11.4 Å². The fraction of sp³-hybridized carbons (Fsp3) is 0.273. The first-order valence-electron chi connectivity index (χ1n) is 9.50. The molecule has 2 heterocycles. The highest BCUT2D eigenvalue weighted by Crippen LogP contribution is 2.28. The molecule has 0 bridgehead atoms. The molecule has 4 rings (SSSR count). The maximum atomic E-state index is 13.3. The monoisotopic (exact) mass is 412 g/mol. The van der Waals surface area contributed by atoms with Crippen LogP contribution in [0.5, 0.6) is 5.75 Å². The topological polar surface area (TPSA) is 73.4 Å². The molecule has 0 aliphatic carbocycles. The molecule has 2 aromatic carbocycles. The van der Waals surface area contributed by atoms with Crippen LogP contribution in [0.4, 0.5) is 0 Å². The van der Waals surface area contributed by atoms with Gasteiger partial charge < -0.3 is 15.4 Å². The van der Waals surface area contributed by atoms with Gasteiger partial charge in [0, 0.05) is 30.9 Å². The summed E-state index contributed by atoms with van der Waals surface area (Å²) in [6.07, 6.45) is 3.69. The summed E-state index contributed by atoms with van der Waals surface area (Å²) < 4.78 is 7.11. The number of carbonyl (C=O) groups is 1. The Morgan fingerprint density at radius 3 is 2.69 bits per heavy atom. The van der Waals surface area contributed by atoms with E-state index < -0.39 is 0 Å². The van der Waals surface area contributed by atoms with E-state index in [2.05, 4.69) is 0 Å². The Morgan fingerprint density at radius 1 is 1.17 bits per heavy atom. The Hall–Kier alpha value is -2.83. The smallest absolute Gasteiger partial charge is 0.257 e. The Labute approximate surface area is 176 Å². The van der Waals surface area contributed by atoms with Gasteiger partial charge in [0.15, 0.2) is 0 Å². The number of piperidine rings is 1. The van der Waals surface area contributed by atoms with Crippen molar-refractivity contribution >= 4 is 18.3 Å². The lowest BCUT2D eigenvalue weighted by Gasteiger charge is -2.30. The minimum Gasteiger partial charge on any atom is -0.497 e. The van der Waals surface area contributed by atoms with Crippen molar-refractivity contribution in [1.82, 2.24) is 14.7 Å². The predicted octanol–water partition coefficient (Wildman–Crippen LogP) is 3.53. The highest BCUT2D eigenvalue weighted by Gasteiger charge is 2.27. The van der Waals surface area contributed by atoms with Crippen molar-refractivity contribution in [2.45, 2.75) is 18.9 Å². The van der Waals surface area contributed by atoms with Crippen molar-refractivity contribution in [2.75, 3.05) is 20.2 Å². The largest absolute Gasteiger partial charge is 0.497 e. The standard InChI is InChI=1S/C22H24N4O2.ClH/c1-28-19-11-5-7-16(13-19)21-20(22(27)25-12-6-8-17(23)14-25)15-26(24-21)18-9-3-2-4-10-18;/h2-5,7,9-11,13,15,17H,6,8,12,14,23H2,1H3;1H. The van der Waals surface area contributed by atoms with E-state index in [0.717, 1.165) is 36.4 Å². The molecule has 7 heteroatoms. The third kappa shape index (κ3) is 4.44. The van der Waals surface area contributed by atoms with Crippen LogP contribution in [0.2, 0.25) is 0 Å². The molecule has 1 aliphatic rings. The summed E-state index contributed by atoms with van der Waals surface area (Å²) in [5, 5.41) is 4.74. The molecule has 0 radical (unpaired) electrons. The number of rotatable bonds is 4. The fourth-order valence-corrected chi connectivity index (χ4v) is 3.59. The average Bonchev–Trinajstić information content (AvgIpc) is 3.19. The Bertz CT molecular complexity index is 974. The van der Waals surface area contributed by atoms with Crippen molar-refractivity contribution in [2.24, 2.45) is 5.73 Å². The number of halogens is 1. The third-order valence-electron chi connectivity index (χ3n) is 5.05. The summed E-state index contributed by atoms with van der Waals surface area (Å²) in [5.41, 5.74) is 9.06. The van der Waals surface area contributed by atoms with Gasteiger partial charge in [-0.05, 0) is 37.1 Å². The Kier molecular flexibility index (Phi) is 6.56. The SMILES string of the molecule is COc1cccc(-c2nn(-c3ccccc3)cc2C(=O)N2CCCC(N)C2)c1.Cl. The molecule has 0 spiro atoms. The van der Waals surface area contributed by atoms with Crippen molar-refractivity contribution in [1.29, 1.82) is 0 Å². The lowest BCUT2D eigenvalue weighted by molar-refractivity contribution is 0.0709. The van der Waals surface area contributed by atoms with Gasteiger partial charge in [-0.3, -0.25) is 4.79 Å². The Morgan fingerprint density at radius 2 is 1.97 bits per heavy atom. The fourth-order valence-electron chi connectivity index (χ4n) is 3.59. The van der Waals surface area contributed by atoms with E-state index >= 15 is 0 Å². The number of hydrogen-bond donors (Lipinski definition) is 1. The number of para-hydroxylation sites is 1. The number of likely N-dealkylation sites (tertiary alicyclic amines) is 1. The van der Waals surface area contributed by atoms with Crippen LogP contribution < -0.4 is 10.5 Å². The zero-order valence-corrected chi connectivity index (χ0v) is 17.1. The van der Waals surface area contributed by atoms with E-state index in [9.17, 15) is 4.79 Å². The first-order valence-corrected chi connectivity index (χ1v) is 9.50. The highest BCUT2D eigenvalue weighted by atomic mass is 35.5. The zero-order chi connectivity index (χ0) is 19.5. The molecular formula is C22H25ClN4O2. The molecule has 1 amide bonds. The number of amides is 1. The van der Waals surface area contributed by atoms with Crippen molar-refractivity contribution < 1.29 is 9.53 Å². The maximum absolute atomic E-state index is 13.3. The molecule has 152 valence electrons. The second-order valence-electron chi connectivity index (χ2n) is 7.06. The lowest BCUT2D eigenvalue weighted by Crippen LogP contribution is -2.45. The van der Waals surface area contributed by atoms with Crippen molar-refractivity contribution in [3.63, 3.8) is 0 Å². The number of aromatic nitrogens is 2. The minimum atomic E-state index is -0.0323. The van der Waals surface area contributed by atoms with E-state index in [4.69, 9.17) is 15.6 Å². The second kappa shape index (κ2) is 9.11. The Balaban J connectivity index is 0.00000240. The second-order valence-corrected chi connectivity index (χ2v) is 7.06. The van der Waals surface area contributed by atoms with Crippen LogP contribution in [0.25, 0.3) is 16.9 Å². The van der Waals surface area contributed by atoms with Crippen molar-refractivity contribution in [3.8, 4) is 22.7 Å². The summed E-state index contributed by atoms with van der Waals surface area (Å²) in [7, 11) is 1.63. The van der Waals surface area contributed by atoms with Gasteiger partial charge in [0.2, 0.25) is 0 Å². The summed E-state index contributed by atoms with van der Waals surface area (Å²) in [5.74, 6) is 0.695. The summed E-state index contributed by atoms with van der Waals surface area (Å²) in [6.45, 7) is 1.30. The molecule has 3 aromatic rings. The molecule has 1 aromatic heterocycles. The first kappa shape index (κ1) is 20.9. The number of methoxy groups -OCH3 is 1. The number of carbonyl (C=O) groups excluding carboxylic acids is 1. The molecule has 1 atom stereocenters. The van der Waals surface area contributed by atoms with Gasteiger partial charge in [-0.1, -0.05) is 30.3 Å². The number of hydrogen-bond acceptors (Lipinski definition) is 4. The third-order valence-corrected chi connectivity index (χ3v) is 5.05. The zero-order valence-electron chi connectivity index (χ0n) is 16.3. The van der Waals surface area contributed by atoms with E-state index in [1.165, 1.54) is 0 Å². The normalized spacial score (nSPS) is 16.2. The molecule has 1 aliphatic heterocycles. The molecule has 1 unspecified atom stereocenters. The molecular weight excluding hydrogens is 388 g/mol. The van der Waals surface area contributed by atoms with Gasteiger partial charge in [0.25, 0.3) is 5.91 Å². The predicted molar refractivity (Wildman–Crippen MR) is 116 cm³/mol. The van der Waals surface area contributed by atoms with Crippen LogP contribution in [0.15, 0.2) is 60.8 Å². The van der Waals surface area contributed by atoms with Crippen LogP contribution in [-0.2, 0) is 0 Å². The first-order chi connectivity index (χ1) is 13.7. The lowest BCUT2D eigenvalue weighted by atomic mass is 10.0. The van der Waals surface area contributed by atoms with E-state index in [-0.39, 0.29) is 24.4 Å². The summed E-state index contributed by atoms with van der Waals surface area (Å²) in [4.78, 5) is 15.2. The van der Waals surface area contributed by atoms with Crippen LogP contribution in [0.1, 0.15) is 23.2 Å². The number of benzene rings is 2. The molecule has 1 fully saturated rings. The summed E-state index contributed by atoms with van der Waals surface area (Å²) >= 11 is 0. The van der Waals surface area contributed by atoms with Gasteiger partial charge in [-0.2, -0.15) is 5.10 Å². The van der Waals surface area contributed by atoms with Gasteiger partial charge in [0.05, 0.1) is 18.4 Å². The van der Waals surface area contributed by atoms with E-state index in [0.29, 0.717) is 17.8 Å². The number of nitrogens with two attached hydrogens (primary N) is 1. The average molecular weight is 413 g/mol. The summed E-state index contributed by atoms with van der Waals surface area (Å²) in [6, 6.07) is 17.4. The molecule has 6 nitrogen and oxygen atoms in total. The van der Waals surface area contributed by atoms with Crippen LogP contribution in [-0.4, -0.2) is 46.8 Å². The van der Waals surface area contributed by atoms with Crippen molar-refractivity contribution in [3.05, 3.63) is 66.4 Å². The number of ether oxygens (including phenoxy) is 1. The van der Waals surface area contributed by atoms with Gasteiger partial charge in [-0.25, -0.2) is 4.68 Å². The van der Waals surface area contributed by atoms with Crippen LogP contribution in [0.3, 0.4) is 0 Å². The van der Waals surface area contributed by atoms with Gasteiger partial charge in [-0.15, -0.1) is 12.4 Å². The maximum Gasteiger partial charge on any atom is 0.257 e. The van der Waals surface area contributed by atoms with E-state index in [1.54, 1.807) is 11.8 Å². The van der Waals surface area contributed by atoms with Gasteiger partial charge >= 0.3 is 0 Å². The van der Waals surface area contributed by atoms with Crippen LogP contribution in [0, 0.1) is 0 Å². The molecule has 0 saturated carbocycles. The molecule has 29 heavy (non-hydrogen) atoms. The van der Waals surface area contributed by atoms with E-state index in [1.807, 2.05) is 65.7 Å². The number of nitrogens with zero attached hydrogens (tertiary/aromatic N) is 3. The quantitative estimate of drug-likeness (QED) is 0.711. The molecule has 2 N–H and O–H groups in total. The molecule has 1 saturated heterocycles. The van der Waals surface area contributed by atoms with Crippen LogP contribution >= 0.6 is 12.4 Å². The highest BCUT2D eigenvalue weighted by molar-refractivity contribution is 6.00.